The van der Waals surface area contributed by atoms with E-state index in [1.807, 2.05) is 36.4 Å². The highest BCUT2D eigenvalue weighted by Gasteiger charge is 2.09. The molecule has 0 bridgehead atoms. The molecule has 6 heteroatoms. The number of ether oxygens (including phenoxy) is 4. The number of rotatable bonds is 9. The van der Waals surface area contributed by atoms with Crippen LogP contribution in [0.3, 0.4) is 0 Å². The number of hydrogen-bond acceptors (Lipinski definition) is 5. The van der Waals surface area contributed by atoms with Crippen LogP contribution in [0.5, 0.6) is 23.0 Å². The molecule has 3 aromatic carbocycles. The van der Waals surface area contributed by atoms with E-state index in [1.165, 1.54) is 18.7 Å². The maximum absolute atomic E-state index is 12.4. The van der Waals surface area contributed by atoms with Crippen molar-refractivity contribution in [1.82, 2.24) is 0 Å². The summed E-state index contributed by atoms with van der Waals surface area (Å²) in [4.78, 5) is 12.4. The second-order valence-corrected chi connectivity index (χ2v) is 7.01. The second kappa shape index (κ2) is 10.9. The maximum Gasteiger partial charge on any atom is 0.248 e. The Kier molecular flexibility index (Phi) is 7.75. The Balaban J connectivity index is 1.67. The van der Waals surface area contributed by atoms with E-state index in [9.17, 15) is 4.79 Å². The van der Waals surface area contributed by atoms with E-state index < -0.39 is 0 Å². The number of benzene rings is 3. The largest absolute Gasteiger partial charge is 0.497 e. The summed E-state index contributed by atoms with van der Waals surface area (Å²) in [6.45, 7) is 2.50. The Hall–Kier alpha value is -3.93. The van der Waals surface area contributed by atoms with Crippen LogP contribution in [-0.4, -0.2) is 27.2 Å². The van der Waals surface area contributed by atoms with Crippen molar-refractivity contribution in [3.63, 3.8) is 0 Å². The lowest BCUT2D eigenvalue weighted by molar-refractivity contribution is -0.111. The summed E-state index contributed by atoms with van der Waals surface area (Å²) in [6.07, 6.45) is 3.16. The summed E-state index contributed by atoms with van der Waals surface area (Å²) in [5.74, 6) is 2.11. The highest BCUT2D eigenvalue weighted by Crippen LogP contribution is 2.30. The lowest BCUT2D eigenvalue weighted by Crippen LogP contribution is -2.09. The SMILES string of the molecule is COc1ccc(NC(=O)/C=C/c2ccc(OCc3ccccc3C)c(OC)c2)c(OC)c1. The molecule has 0 saturated carbocycles. The monoisotopic (exact) mass is 433 g/mol. The summed E-state index contributed by atoms with van der Waals surface area (Å²) >= 11 is 0. The summed E-state index contributed by atoms with van der Waals surface area (Å²) in [7, 11) is 4.70. The van der Waals surface area contributed by atoms with Crippen LogP contribution < -0.4 is 24.3 Å². The van der Waals surface area contributed by atoms with Crippen molar-refractivity contribution in [2.75, 3.05) is 26.6 Å². The zero-order valence-corrected chi connectivity index (χ0v) is 18.7. The quantitative estimate of drug-likeness (QED) is 0.467. The van der Waals surface area contributed by atoms with E-state index in [1.54, 1.807) is 38.5 Å². The molecule has 0 saturated heterocycles. The van der Waals surface area contributed by atoms with E-state index in [2.05, 4.69) is 18.3 Å². The van der Waals surface area contributed by atoms with Gasteiger partial charge in [0.15, 0.2) is 11.5 Å². The van der Waals surface area contributed by atoms with Crippen molar-refractivity contribution >= 4 is 17.7 Å². The van der Waals surface area contributed by atoms with Gasteiger partial charge < -0.3 is 24.3 Å². The van der Waals surface area contributed by atoms with Crippen molar-refractivity contribution in [2.24, 2.45) is 0 Å². The number of carbonyl (C=O) groups is 1. The average molecular weight is 434 g/mol. The molecule has 0 atom stereocenters. The Morgan fingerprint density at radius 1 is 0.875 bits per heavy atom. The number of anilines is 1. The number of nitrogens with one attached hydrogen (secondary N) is 1. The first-order valence-corrected chi connectivity index (χ1v) is 10.1. The molecule has 1 amide bonds. The number of hydrogen-bond donors (Lipinski definition) is 1. The molecule has 0 aliphatic heterocycles. The molecule has 0 aromatic heterocycles. The molecule has 0 aliphatic rings. The predicted octanol–water partition coefficient (Wildman–Crippen LogP) is 5.25. The van der Waals surface area contributed by atoms with Gasteiger partial charge in [-0.25, -0.2) is 0 Å². The number of amides is 1. The van der Waals surface area contributed by atoms with Gasteiger partial charge in [-0.2, -0.15) is 0 Å². The van der Waals surface area contributed by atoms with E-state index in [4.69, 9.17) is 18.9 Å². The Labute approximate surface area is 188 Å². The first-order valence-electron chi connectivity index (χ1n) is 10.1. The molecule has 1 N–H and O–H groups in total. The third-order valence-electron chi connectivity index (χ3n) is 4.93. The Bertz CT molecular complexity index is 1110. The fourth-order valence-corrected chi connectivity index (χ4v) is 3.08. The third-order valence-corrected chi connectivity index (χ3v) is 4.93. The van der Waals surface area contributed by atoms with Gasteiger partial charge in [0.25, 0.3) is 0 Å². The van der Waals surface area contributed by atoms with Gasteiger partial charge in [0.2, 0.25) is 5.91 Å². The molecule has 3 aromatic rings. The maximum atomic E-state index is 12.4. The fourth-order valence-electron chi connectivity index (χ4n) is 3.08. The van der Waals surface area contributed by atoms with Gasteiger partial charge in [-0.15, -0.1) is 0 Å². The smallest absolute Gasteiger partial charge is 0.248 e. The van der Waals surface area contributed by atoms with Crippen molar-refractivity contribution in [1.29, 1.82) is 0 Å². The van der Waals surface area contributed by atoms with Crippen LogP contribution in [0.4, 0.5) is 5.69 Å². The molecular formula is C26H27NO5. The highest BCUT2D eigenvalue weighted by molar-refractivity contribution is 6.02. The van der Waals surface area contributed by atoms with Gasteiger partial charge in [0, 0.05) is 12.1 Å². The fraction of sp³-hybridized carbons (Fsp3) is 0.192. The van der Waals surface area contributed by atoms with Gasteiger partial charge in [-0.05, 0) is 54.0 Å². The molecule has 0 radical (unpaired) electrons. The van der Waals surface area contributed by atoms with Crippen LogP contribution in [0, 0.1) is 6.92 Å². The first-order chi connectivity index (χ1) is 15.5. The average Bonchev–Trinajstić information content (AvgIpc) is 2.82. The summed E-state index contributed by atoms with van der Waals surface area (Å²) in [6, 6.07) is 18.8. The van der Waals surface area contributed by atoms with E-state index in [-0.39, 0.29) is 5.91 Å². The molecule has 166 valence electrons. The lowest BCUT2D eigenvalue weighted by Gasteiger charge is -2.12. The summed E-state index contributed by atoms with van der Waals surface area (Å²) < 4.78 is 21.9. The lowest BCUT2D eigenvalue weighted by atomic mass is 10.1. The van der Waals surface area contributed by atoms with Gasteiger partial charge in [0.1, 0.15) is 18.1 Å². The molecule has 0 unspecified atom stereocenters. The van der Waals surface area contributed by atoms with Crippen molar-refractivity contribution in [3.05, 3.63) is 83.4 Å². The van der Waals surface area contributed by atoms with Crippen molar-refractivity contribution in [2.45, 2.75) is 13.5 Å². The normalized spacial score (nSPS) is 10.6. The van der Waals surface area contributed by atoms with Crippen LogP contribution in [0.2, 0.25) is 0 Å². The highest BCUT2D eigenvalue weighted by atomic mass is 16.5. The standard InChI is InChI=1S/C26H27NO5/c1-18-7-5-6-8-20(18)17-32-23-13-9-19(15-25(23)31-4)10-14-26(28)27-22-12-11-21(29-2)16-24(22)30-3/h5-16H,17H2,1-4H3,(H,27,28)/b14-10+. The van der Waals surface area contributed by atoms with Crippen LogP contribution in [-0.2, 0) is 11.4 Å². The van der Waals surface area contributed by atoms with Crippen molar-refractivity contribution < 1.29 is 23.7 Å². The Morgan fingerprint density at radius 2 is 1.66 bits per heavy atom. The molecule has 0 spiro atoms. The van der Waals surface area contributed by atoms with Crippen LogP contribution in [0.15, 0.2) is 66.7 Å². The van der Waals surface area contributed by atoms with E-state index >= 15 is 0 Å². The molecule has 0 aliphatic carbocycles. The molecule has 6 nitrogen and oxygen atoms in total. The predicted molar refractivity (Wildman–Crippen MR) is 126 cm³/mol. The number of carbonyl (C=O) groups excluding carboxylic acids is 1. The minimum absolute atomic E-state index is 0.285. The summed E-state index contributed by atoms with van der Waals surface area (Å²) in [5.41, 5.74) is 3.65. The zero-order valence-electron chi connectivity index (χ0n) is 18.7. The van der Waals surface area contributed by atoms with Crippen LogP contribution in [0.25, 0.3) is 6.08 Å². The second-order valence-electron chi connectivity index (χ2n) is 7.01. The third kappa shape index (κ3) is 5.82. The van der Waals surface area contributed by atoms with E-state index in [0.717, 1.165) is 11.1 Å². The number of aryl methyl sites for hydroxylation is 1. The van der Waals surface area contributed by atoms with Gasteiger partial charge in [-0.3, -0.25) is 4.79 Å². The minimum Gasteiger partial charge on any atom is -0.497 e. The van der Waals surface area contributed by atoms with Gasteiger partial charge in [0.05, 0.1) is 27.0 Å². The van der Waals surface area contributed by atoms with Crippen LogP contribution in [0.1, 0.15) is 16.7 Å². The molecular weight excluding hydrogens is 406 g/mol. The molecule has 0 fully saturated rings. The molecule has 32 heavy (non-hydrogen) atoms. The minimum atomic E-state index is -0.285. The zero-order chi connectivity index (χ0) is 22.9. The van der Waals surface area contributed by atoms with Crippen molar-refractivity contribution in [3.8, 4) is 23.0 Å². The molecule has 0 heterocycles. The van der Waals surface area contributed by atoms with Crippen LogP contribution >= 0.6 is 0 Å². The first kappa shape index (κ1) is 22.7. The number of methoxy groups -OCH3 is 3. The Morgan fingerprint density at radius 3 is 2.38 bits per heavy atom. The topological polar surface area (TPSA) is 66.0 Å². The summed E-state index contributed by atoms with van der Waals surface area (Å²) in [5, 5.41) is 2.80. The van der Waals surface area contributed by atoms with Gasteiger partial charge in [-0.1, -0.05) is 30.3 Å². The van der Waals surface area contributed by atoms with Gasteiger partial charge >= 0.3 is 0 Å². The van der Waals surface area contributed by atoms with E-state index in [0.29, 0.717) is 35.3 Å². The molecule has 3 rings (SSSR count).